The minimum absolute atomic E-state index is 0.0761. The van der Waals surface area contributed by atoms with Crippen LogP contribution < -0.4 is 5.32 Å². The monoisotopic (exact) mass is 369 g/mol. The van der Waals surface area contributed by atoms with Crippen LogP contribution in [0.1, 0.15) is 23.4 Å². The molecule has 146 valence electrons. The number of hydrogen-bond acceptors (Lipinski definition) is 4. The number of benzene rings is 1. The SMILES string of the molecule is Cc1nn(-c2ccccc2)c(C)c1CC(=O)NCCCN1CCN(C)CC1. The number of carbonyl (C=O) groups is 1. The number of carbonyl (C=O) groups excluding carboxylic acids is 1. The summed E-state index contributed by atoms with van der Waals surface area (Å²) in [5.74, 6) is 0.0761. The molecule has 1 aliphatic rings. The van der Waals surface area contributed by atoms with Gasteiger partial charge in [0, 0.05) is 44.0 Å². The maximum atomic E-state index is 12.4. The van der Waals surface area contributed by atoms with Crippen molar-refractivity contribution in [3.05, 3.63) is 47.3 Å². The second kappa shape index (κ2) is 9.15. The van der Waals surface area contributed by atoms with E-state index < -0.39 is 0 Å². The van der Waals surface area contributed by atoms with Gasteiger partial charge in [-0.2, -0.15) is 5.10 Å². The normalized spacial score (nSPS) is 15.8. The van der Waals surface area contributed by atoms with Crippen molar-refractivity contribution in [2.45, 2.75) is 26.7 Å². The van der Waals surface area contributed by atoms with Crippen LogP contribution in [0.3, 0.4) is 0 Å². The predicted molar refractivity (Wildman–Crippen MR) is 108 cm³/mol. The fourth-order valence-corrected chi connectivity index (χ4v) is 3.58. The lowest BCUT2D eigenvalue weighted by Gasteiger charge is -2.32. The summed E-state index contributed by atoms with van der Waals surface area (Å²) in [6, 6.07) is 10.0. The van der Waals surface area contributed by atoms with E-state index in [1.54, 1.807) is 0 Å². The molecule has 0 atom stereocenters. The zero-order chi connectivity index (χ0) is 19.2. The van der Waals surface area contributed by atoms with E-state index in [-0.39, 0.29) is 5.91 Å². The molecule has 2 heterocycles. The quantitative estimate of drug-likeness (QED) is 0.756. The van der Waals surface area contributed by atoms with Gasteiger partial charge in [0.25, 0.3) is 0 Å². The van der Waals surface area contributed by atoms with Gasteiger partial charge in [-0.15, -0.1) is 0 Å². The van der Waals surface area contributed by atoms with Crippen molar-refractivity contribution in [2.75, 3.05) is 46.3 Å². The zero-order valence-corrected chi connectivity index (χ0v) is 16.7. The molecular weight excluding hydrogens is 338 g/mol. The average molecular weight is 370 g/mol. The first-order chi connectivity index (χ1) is 13.0. The predicted octanol–water partition coefficient (Wildman–Crippen LogP) is 1.79. The number of hydrogen-bond donors (Lipinski definition) is 1. The van der Waals surface area contributed by atoms with Crippen LogP contribution in [0.15, 0.2) is 30.3 Å². The van der Waals surface area contributed by atoms with Gasteiger partial charge in [-0.05, 0) is 46.0 Å². The third kappa shape index (κ3) is 5.17. The first-order valence-corrected chi connectivity index (χ1v) is 9.82. The molecule has 1 fully saturated rings. The van der Waals surface area contributed by atoms with Crippen LogP contribution in [-0.2, 0) is 11.2 Å². The van der Waals surface area contributed by atoms with Gasteiger partial charge < -0.3 is 15.1 Å². The molecule has 0 radical (unpaired) electrons. The highest BCUT2D eigenvalue weighted by molar-refractivity contribution is 5.79. The Bertz CT molecular complexity index is 747. The fourth-order valence-electron chi connectivity index (χ4n) is 3.58. The molecule has 1 aromatic heterocycles. The molecule has 0 saturated carbocycles. The molecule has 6 nitrogen and oxygen atoms in total. The molecule has 1 aliphatic heterocycles. The second-order valence-electron chi connectivity index (χ2n) is 7.42. The molecule has 0 aliphatic carbocycles. The van der Waals surface area contributed by atoms with Crippen molar-refractivity contribution in [1.29, 1.82) is 0 Å². The number of aromatic nitrogens is 2. The Kier molecular flexibility index (Phi) is 6.63. The minimum Gasteiger partial charge on any atom is -0.356 e. The van der Waals surface area contributed by atoms with E-state index in [1.165, 1.54) is 0 Å². The second-order valence-corrected chi connectivity index (χ2v) is 7.42. The molecule has 1 N–H and O–H groups in total. The summed E-state index contributed by atoms with van der Waals surface area (Å²) in [5, 5.41) is 7.69. The van der Waals surface area contributed by atoms with Crippen LogP contribution in [0.5, 0.6) is 0 Å². The van der Waals surface area contributed by atoms with Crippen molar-refractivity contribution < 1.29 is 4.79 Å². The van der Waals surface area contributed by atoms with Gasteiger partial charge in [0.1, 0.15) is 0 Å². The van der Waals surface area contributed by atoms with Gasteiger partial charge in [0.05, 0.1) is 17.8 Å². The van der Waals surface area contributed by atoms with Gasteiger partial charge in [0.2, 0.25) is 5.91 Å². The summed E-state index contributed by atoms with van der Waals surface area (Å²) in [4.78, 5) is 17.2. The Hall–Kier alpha value is -2.18. The molecule has 1 saturated heterocycles. The maximum absolute atomic E-state index is 12.4. The van der Waals surface area contributed by atoms with Gasteiger partial charge in [-0.25, -0.2) is 4.68 Å². The molecular formula is C21H31N5O. The lowest BCUT2D eigenvalue weighted by molar-refractivity contribution is -0.120. The van der Waals surface area contributed by atoms with Crippen molar-refractivity contribution in [3.8, 4) is 5.69 Å². The number of amides is 1. The van der Waals surface area contributed by atoms with E-state index in [0.29, 0.717) is 6.42 Å². The van der Waals surface area contributed by atoms with Crippen molar-refractivity contribution in [3.63, 3.8) is 0 Å². The Morgan fingerprint density at radius 2 is 1.81 bits per heavy atom. The number of likely N-dealkylation sites (N-methyl/N-ethyl adjacent to an activating group) is 1. The Morgan fingerprint density at radius 3 is 2.52 bits per heavy atom. The molecule has 2 aromatic rings. The maximum Gasteiger partial charge on any atom is 0.224 e. The molecule has 27 heavy (non-hydrogen) atoms. The molecule has 1 amide bonds. The highest BCUT2D eigenvalue weighted by atomic mass is 16.1. The first kappa shape index (κ1) is 19.6. The number of para-hydroxylation sites is 1. The van der Waals surface area contributed by atoms with Crippen LogP contribution in [0.25, 0.3) is 5.69 Å². The van der Waals surface area contributed by atoms with E-state index in [0.717, 1.165) is 68.3 Å². The largest absolute Gasteiger partial charge is 0.356 e. The standard InChI is InChI=1S/C21H31N5O/c1-17-20(18(2)26(23-17)19-8-5-4-6-9-19)16-21(27)22-10-7-11-25-14-12-24(3)13-15-25/h4-6,8-9H,7,10-16H2,1-3H3,(H,22,27). The van der Waals surface area contributed by atoms with Gasteiger partial charge in [-0.1, -0.05) is 18.2 Å². The third-order valence-electron chi connectivity index (χ3n) is 5.35. The number of aryl methyl sites for hydroxylation is 1. The van der Waals surface area contributed by atoms with Gasteiger partial charge >= 0.3 is 0 Å². The number of piperazine rings is 1. The van der Waals surface area contributed by atoms with Crippen LogP contribution in [0, 0.1) is 13.8 Å². The van der Waals surface area contributed by atoms with Crippen molar-refractivity contribution >= 4 is 5.91 Å². The highest BCUT2D eigenvalue weighted by Crippen LogP contribution is 2.18. The van der Waals surface area contributed by atoms with Crippen LogP contribution in [0.4, 0.5) is 0 Å². The summed E-state index contributed by atoms with van der Waals surface area (Å²) < 4.78 is 1.92. The molecule has 1 aromatic carbocycles. The van der Waals surface area contributed by atoms with Crippen molar-refractivity contribution in [1.82, 2.24) is 24.9 Å². The topological polar surface area (TPSA) is 53.4 Å². The van der Waals surface area contributed by atoms with Crippen LogP contribution >= 0.6 is 0 Å². The third-order valence-corrected chi connectivity index (χ3v) is 5.35. The molecule has 6 heteroatoms. The van der Waals surface area contributed by atoms with Gasteiger partial charge in [-0.3, -0.25) is 4.79 Å². The summed E-state index contributed by atoms with van der Waals surface area (Å²) in [5.41, 5.74) is 4.00. The number of nitrogens with one attached hydrogen (secondary N) is 1. The highest BCUT2D eigenvalue weighted by Gasteiger charge is 2.16. The number of nitrogens with zero attached hydrogens (tertiary/aromatic N) is 4. The average Bonchev–Trinajstić information content (AvgIpc) is 2.95. The molecule has 0 bridgehead atoms. The zero-order valence-electron chi connectivity index (χ0n) is 16.7. The molecule has 3 rings (SSSR count). The summed E-state index contributed by atoms with van der Waals surface area (Å²) >= 11 is 0. The van der Waals surface area contributed by atoms with Crippen molar-refractivity contribution in [2.24, 2.45) is 0 Å². The first-order valence-electron chi connectivity index (χ1n) is 9.82. The van der Waals surface area contributed by atoms with E-state index in [4.69, 9.17) is 0 Å². The van der Waals surface area contributed by atoms with Crippen LogP contribution in [-0.4, -0.2) is 71.8 Å². The smallest absolute Gasteiger partial charge is 0.224 e. The Labute approximate surface area is 162 Å². The van der Waals surface area contributed by atoms with E-state index in [9.17, 15) is 4.79 Å². The lowest BCUT2D eigenvalue weighted by Crippen LogP contribution is -2.45. The molecule has 0 spiro atoms. The fraction of sp³-hybridized carbons (Fsp3) is 0.524. The van der Waals surface area contributed by atoms with E-state index in [2.05, 4.69) is 27.3 Å². The summed E-state index contributed by atoms with van der Waals surface area (Å²) in [6.45, 7) is 10.3. The van der Waals surface area contributed by atoms with Gasteiger partial charge in [0.15, 0.2) is 0 Å². The van der Waals surface area contributed by atoms with E-state index >= 15 is 0 Å². The lowest BCUT2D eigenvalue weighted by atomic mass is 10.1. The van der Waals surface area contributed by atoms with Crippen LogP contribution in [0.2, 0.25) is 0 Å². The minimum atomic E-state index is 0.0761. The summed E-state index contributed by atoms with van der Waals surface area (Å²) in [6.07, 6.45) is 1.38. The Morgan fingerprint density at radius 1 is 1.11 bits per heavy atom. The molecule has 0 unspecified atom stereocenters. The van der Waals surface area contributed by atoms with E-state index in [1.807, 2.05) is 48.9 Å². The summed E-state index contributed by atoms with van der Waals surface area (Å²) in [7, 11) is 2.17. The Balaban J connectivity index is 1.47. The number of rotatable bonds is 7.